The maximum absolute atomic E-state index is 13.0. The monoisotopic (exact) mass is 794 g/mol. The van der Waals surface area contributed by atoms with Gasteiger partial charge in [0, 0.05) is 6.42 Å². The molecule has 0 saturated carbocycles. The second-order valence-electron chi connectivity index (χ2n) is 15.3. The fourth-order valence-electron chi connectivity index (χ4n) is 6.92. The molecule has 0 aromatic rings. The van der Waals surface area contributed by atoms with Gasteiger partial charge < -0.3 is 35.2 Å². The standard InChI is InChI=1S/C41H79NO11S/c1-3-5-7-9-11-13-15-16-17-18-19-20-21-23-25-27-29-31-37(45)42-34(35(44)30-28-26-24-22-14-12-10-8-6-4-2)33-51-41-39(47)40(53-54(48,49)50)38(46)36(32-43)52-41/h28,30,34-36,38-41,43-44,46-47H,3-27,29,31-33H2,1-2H3,(H,42,45)(H,48,49,50)/b30-28+. The van der Waals surface area contributed by atoms with Gasteiger partial charge in [0.2, 0.25) is 5.91 Å². The number of nitrogens with one attached hydrogen (secondary N) is 1. The Bertz CT molecular complexity index is 1030. The molecule has 1 amide bonds. The van der Waals surface area contributed by atoms with Gasteiger partial charge in [-0.25, -0.2) is 4.18 Å². The number of hydrogen-bond donors (Lipinski definition) is 6. The van der Waals surface area contributed by atoms with E-state index in [9.17, 15) is 33.6 Å². The van der Waals surface area contributed by atoms with Gasteiger partial charge in [0.15, 0.2) is 6.29 Å². The van der Waals surface area contributed by atoms with Gasteiger partial charge in [-0.2, -0.15) is 8.42 Å². The number of aliphatic hydroxyl groups is 4. The Balaban J connectivity index is 2.52. The average molecular weight is 794 g/mol. The van der Waals surface area contributed by atoms with E-state index >= 15 is 0 Å². The summed E-state index contributed by atoms with van der Waals surface area (Å²) in [5, 5.41) is 44.5. The van der Waals surface area contributed by atoms with Crippen molar-refractivity contribution in [2.75, 3.05) is 13.2 Å². The lowest BCUT2D eigenvalue weighted by Gasteiger charge is -2.41. The number of amides is 1. The molecule has 12 nitrogen and oxygen atoms in total. The summed E-state index contributed by atoms with van der Waals surface area (Å²) < 4.78 is 47.4. The van der Waals surface area contributed by atoms with Gasteiger partial charge in [0.05, 0.1) is 25.4 Å². The van der Waals surface area contributed by atoms with Gasteiger partial charge in [0.25, 0.3) is 0 Å². The predicted molar refractivity (Wildman–Crippen MR) is 213 cm³/mol. The zero-order valence-electron chi connectivity index (χ0n) is 33.8. The summed E-state index contributed by atoms with van der Waals surface area (Å²) in [7, 11) is -5.08. The summed E-state index contributed by atoms with van der Waals surface area (Å²) in [5.74, 6) is -0.263. The van der Waals surface area contributed by atoms with E-state index in [1.165, 1.54) is 122 Å². The van der Waals surface area contributed by atoms with Crippen molar-refractivity contribution in [3.63, 3.8) is 0 Å². The molecule has 54 heavy (non-hydrogen) atoms. The minimum Gasteiger partial charge on any atom is -0.394 e. The number of hydrogen-bond acceptors (Lipinski definition) is 10. The molecule has 1 rings (SSSR count). The van der Waals surface area contributed by atoms with Gasteiger partial charge in [-0.05, 0) is 19.3 Å². The van der Waals surface area contributed by atoms with E-state index in [4.69, 9.17) is 14.0 Å². The molecule has 320 valence electrons. The summed E-state index contributed by atoms with van der Waals surface area (Å²) in [4.78, 5) is 13.0. The molecule has 0 bridgehead atoms. The van der Waals surface area contributed by atoms with Crippen LogP contribution < -0.4 is 5.32 Å². The summed E-state index contributed by atoms with van der Waals surface area (Å²) >= 11 is 0. The predicted octanol–water partition coefficient (Wildman–Crippen LogP) is 7.60. The molecule has 1 aliphatic rings. The summed E-state index contributed by atoms with van der Waals surface area (Å²) in [6.45, 7) is 3.35. The summed E-state index contributed by atoms with van der Waals surface area (Å²) in [6, 6.07) is -0.936. The molecule has 1 saturated heterocycles. The molecular formula is C41H79NO11S. The molecule has 13 heteroatoms. The van der Waals surface area contributed by atoms with E-state index in [1.807, 2.05) is 6.08 Å². The Hall–Kier alpha value is -1.16. The van der Waals surface area contributed by atoms with Gasteiger partial charge in [-0.1, -0.05) is 174 Å². The van der Waals surface area contributed by atoms with Crippen molar-refractivity contribution in [2.45, 2.75) is 230 Å². The molecular weight excluding hydrogens is 715 g/mol. The Morgan fingerprint density at radius 3 is 1.61 bits per heavy atom. The Morgan fingerprint density at radius 2 is 1.17 bits per heavy atom. The Morgan fingerprint density at radius 1 is 0.722 bits per heavy atom. The van der Waals surface area contributed by atoms with Crippen LogP contribution in [0.15, 0.2) is 12.2 Å². The number of carbonyl (C=O) groups excluding carboxylic acids is 1. The fraction of sp³-hybridized carbons (Fsp3) is 0.927. The number of aliphatic hydroxyl groups excluding tert-OH is 4. The molecule has 0 aliphatic carbocycles. The van der Waals surface area contributed by atoms with Crippen molar-refractivity contribution in [3.05, 3.63) is 12.2 Å². The highest BCUT2D eigenvalue weighted by molar-refractivity contribution is 7.80. The lowest BCUT2D eigenvalue weighted by molar-refractivity contribution is -0.298. The Labute approximate surface area is 328 Å². The second-order valence-corrected chi connectivity index (χ2v) is 16.3. The molecule has 0 aromatic heterocycles. The number of allylic oxidation sites excluding steroid dienone is 1. The van der Waals surface area contributed by atoms with Crippen LogP contribution in [0.25, 0.3) is 0 Å². The van der Waals surface area contributed by atoms with Crippen molar-refractivity contribution in [2.24, 2.45) is 0 Å². The third-order valence-corrected chi connectivity index (χ3v) is 10.8. The first kappa shape index (κ1) is 50.9. The van der Waals surface area contributed by atoms with Crippen LogP contribution in [0.5, 0.6) is 0 Å². The van der Waals surface area contributed by atoms with Crippen LogP contribution in [-0.4, -0.2) is 95.4 Å². The minimum atomic E-state index is -5.08. The quantitative estimate of drug-likeness (QED) is 0.0208. The molecule has 1 fully saturated rings. The lowest BCUT2D eigenvalue weighted by atomic mass is 9.99. The Kier molecular flexibility index (Phi) is 31.0. The molecule has 1 heterocycles. The number of unbranched alkanes of at least 4 members (excludes halogenated alkanes) is 24. The number of carbonyl (C=O) groups is 1. The van der Waals surface area contributed by atoms with E-state index < -0.39 is 59.9 Å². The highest BCUT2D eigenvalue weighted by Crippen LogP contribution is 2.26. The molecule has 1 aliphatic heterocycles. The summed E-state index contributed by atoms with van der Waals surface area (Å²) in [5.41, 5.74) is 0. The van der Waals surface area contributed by atoms with Crippen molar-refractivity contribution in [3.8, 4) is 0 Å². The van der Waals surface area contributed by atoms with Crippen LogP contribution in [0.4, 0.5) is 0 Å². The van der Waals surface area contributed by atoms with Crippen molar-refractivity contribution in [1.29, 1.82) is 0 Å². The SMILES string of the molecule is CCCCCCCCCC/C=C/C(O)C(COC1OC(CO)C(O)C(OS(=O)(=O)O)C1O)NC(=O)CCCCCCCCCCCCCCCCCCC. The van der Waals surface area contributed by atoms with E-state index in [1.54, 1.807) is 6.08 Å². The van der Waals surface area contributed by atoms with Gasteiger partial charge >= 0.3 is 10.4 Å². The van der Waals surface area contributed by atoms with E-state index in [0.29, 0.717) is 6.42 Å². The van der Waals surface area contributed by atoms with Crippen LogP contribution in [0.1, 0.15) is 187 Å². The van der Waals surface area contributed by atoms with Gasteiger partial charge in [0.1, 0.15) is 24.4 Å². The first-order valence-corrected chi connectivity index (χ1v) is 22.9. The van der Waals surface area contributed by atoms with Gasteiger partial charge in [-0.3, -0.25) is 9.35 Å². The van der Waals surface area contributed by atoms with Crippen LogP contribution in [-0.2, 0) is 28.9 Å². The fourth-order valence-corrected chi connectivity index (χ4v) is 7.43. The highest BCUT2D eigenvalue weighted by atomic mass is 32.3. The molecule has 0 aromatic carbocycles. The molecule has 6 N–H and O–H groups in total. The molecule has 0 radical (unpaired) electrons. The van der Waals surface area contributed by atoms with Crippen LogP contribution in [0.2, 0.25) is 0 Å². The first-order valence-electron chi connectivity index (χ1n) is 21.6. The highest BCUT2D eigenvalue weighted by Gasteiger charge is 2.48. The summed E-state index contributed by atoms with van der Waals surface area (Å²) in [6.07, 6.45) is 25.5. The normalized spacial score (nSPS) is 21.8. The smallest absolute Gasteiger partial charge is 0.394 e. The minimum absolute atomic E-state index is 0.263. The third-order valence-electron chi connectivity index (χ3n) is 10.3. The maximum Gasteiger partial charge on any atom is 0.397 e. The second kappa shape index (κ2) is 32.9. The van der Waals surface area contributed by atoms with E-state index in [2.05, 4.69) is 23.3 Å². The van der Waals surface area contributed by atoms with Crippen LogP contribution in [0.3, 0.4) is 0 Å². The largest absolute Gasteiger partial charge is 0.397 e. The molecule has 7 unspecified atom stereocenters. The van der Waals surface area contributed by atoms with Crippen molar-refractivity contribution >= 4 is 16.3 Å². The molecule has 0 spiro atoms. The first-order chi connectivity index (χ1) is 26.0. The molecule has 7 atom stereocenters. The van der Waals surface area contributed by atoms with E-state index in [-0.39, 0.29) is 18.9 Å². The third kappa shape index (κ3) is 25.9. The zero-order valence-corrected chi connectivity index (χ0v) is 34.6. The van der Waals surface area contributed by atoms with E-state index in [0.717, 1.165) is 38.5 Å². The van der Waals surface area contributed by atoms with Crippen molar-refractivity contribution < 1.29 is 51.8 Å². The van der Waals surface area contributed by atoms with Gasteiger partial charge in [-0.15, -0.1) is 0 Å². The van der Waals surface area contributed by atoms with Crippen LogP contribution in [0, 0.1) is 0 Å². The zero-order chi connectivity index (χ0) is 39.9. The number of ether oxygens (including phenoxy) is 2. The van der Waals surface area contributed by atoms with Crippen LogP contribution >= 0.6 is 0 Å². The topological polar surface area (TPSA) is 192 Å². The number of rotatable bonds is 36. The lowest BCUT2D eigenvalue weighted by Crippen LogP contribution is -2.61. The maximum atomic E-state index is 13.0. The van der Waals surface area contributed by atoms with Crippen molar-refractivity contribution in [1.82, 2.24) is 5.32 Å². The average Bonchev–Trinajstić information content (AvgIpc) is 3.14.